The van der Waals surface area contributed by atoms with Crippen molar-refractivity contribution in [2.45, 2.75) is 38.3 Å². The molecule has 0 fully saturated rings. The van der Waals surface area contributed by atoms with Crippen LogP contribution >= 0.6 is 11.3 Å². The van der Waals surface area contributed by atoms with Crippen molar-refractivity contribution in [1.29, 1.82) is 0 Å². The van der Waals surface area contributed by atoms with Gasteiger partial charge in [-0.1, -0.05) is 0 Å². The lowest BCUT2D eigenvalue weighted by atomic mass is 9.93. The maximum Gasteiger partial charge on any atom is 0.119 e. The Morgan fingerprint density at radius 2 is 2.00 bits per heavy atom. The van der Waals surface area contributed by atoms with Crippen molar-refractivity contribution >= 4 is 11.3 Å². The Balaban J connectivity index is 1.78. The SMILES string of the molecule is CC(NC1CCCc2sccc21)c1cc(O)cc(O)c1. The molecular weight excluding hydrogens is 270 g/mol. The smallest absolute Gasteiger partial charge is 0.119 e. The van der Waals surface area contributed by atoms with E-state index in [1.807, 2.05) is 11.3 Å². The van der Waals surface area contributed by atoms with Gasteiger partial charge in [0.05, 0.1) is 0 Å². The van der Waals surface area contributed by atoms with Crippen molar-refractivity contribution in [3.8, 4) is 11.5 Å². The fraction of sp³-hybridized carbons (Fsp3) is 0.375. The van der Waals surface area contributed by atoms with Crippen LogP contribution in [-0.2, 0) is 6.42 Å². The van der Waals surface area contributed by atoms with Crippen LogP contribution in [0.15, 0.2) is 29.6 Å². The van der Waals surface area contributed by atoms with Gasteiger partial charge in [0.1, 0.15) is 11.5 Å². The molecule has 1 aliphatic carbocycles. The highest BCUT2D eigenvalue weighted by Crippen LogP contribution is 2.35. The van der Waals surface area contributed by atoms with Gasteiger partial charge in [0.25, 0.3) is 0 Å². The molecular formula is C16H19NO2S. The largest absolute Gasteiger partial charge is 0.508 e. The number of aryl methyl sites for hydroxylation is 1. The molecule has 0 saturated carbocycles. The molecule has 0 aliphatic heterocycles. The topological polar surface area (TPSA) is 52.5 Å². The van der Waals surface area contributed by atoms with Crippen LogP contribution in [0.3, 0.4) is 0 Å². The van der Waals surface area contributed by atoms with Crippen LogP contribution in [0.4, 0.5) is 0 Å². The van der Waals surface area contributed by atoms with Gasteiger partial charge in [-0.05, 0) is 60.9 Å². The molecule has 20 heavy (non-hydrogen) atoms. The van der Waals surface area contributed by atoms with Gasteiger partial charge in [-0.3, -0.25) is 0 Å². The summed E-state index contributed by atoms with van der Waals surface area (Å²) in [6.45, 7) is 2.06. The number of aromatic hydroxyl groups is 2. The second-order valence-corrected chi connectivity index (χ2v) is 6.42. The van der Waals surface area contributed by atoms with Crippen LogP contribution in [-0.4, -0.2) is 10.2 Å². The number of phenols is 2. The van der Waals surface area contributed by atoms with Crippen molar-refractivity contribution in [1.82, 2.24) is 5.32 Å². The predicted molar refractivity (Wildman–Crippen MR) is 81.3 cm³/mol. The predicted octanol–water partition coefficient (Wildman–Crippen LogP) is 3.89. The zero-order chi connectivity index (χ0) is 14.1. The minimum Gasteiger partial charge on any atom is -0.508 e. The number of benzene rings is 1. The average molecular weight is 289 g/mol. The number of hydrogen-bond acceptors (Lipinski definition) is 4. The molecule has 3 nitrogen and oxygen atoms in total. The van der Waals surface area contributed by atoms with Gasteiger partial charge in [0.15, 0.2) is 0 Å². The molecule has 1 aromatic heterocycles. The van der Waals surface area contributed by atoms with E-state index in [0.29, 0.717) is 6.04 Å². The van der Waals surface area contributed by atoms with Gasteiger partial charge in [0.2, 0.25) is 0 Å². The maximum atomic E-state index is 9.59. The van der Waals surface area contributed by atoms with Gasteiger partial charge < -0.3 is 15.5 Å². The zero-order valence-corrected chi connectivity index (χ0v) is 12.3. The molecule has 1 aliphatic rings. The first-order chi connectivity index (χ1) is 9.63. The highest BCUT2D eigenvalue weighted by molar-refractivity contribution is 7.10. The quantitative estimate of drug-likeness (QED) is 0.803. The van der Waals surface area contributed by atoms with Crippen molar-refractivity contribution in [2.24, 2.45) is 0 Å². The van der Waals surface area contributed by atoms with E-state index in [-0.39, 0.29) is 17.5 Å². The maximum absolute atomic E-state index is 9.59. The fourth-order valence-corrected chi connectivity index (χ4v) is 3.91. The van der Waals surface area contributed by atoms with Crippen LogP contribution in [0.5, 0.6) is 11.5 Å². The summed E-state index contributed by atoms with van der Waals surface area (Å²) in [5.41, 5.74) is 2.32. The van der Waals surface area contributed by atoms with Gasteiger partial charge in [0, 0.05) is 23.0 Å². The molecule has 2 atom stereocenters. The lowest BCUT2D eigenvalue weighted by Crippen LogP contribution is -2.27. The van der Waals surface area contributed by atoms with Crippen molar-refractivity contribution in [3.63, 3.8) is 0 Å². The van der Waals surface area contributed by atoms with Crippen LogP contribution in [0.25, 0.3) is 0 Å². The second kappa shape index (κ2) is 5.46. The number of rotatable bonds is 3. The summed E-state index contributed by atoms with van der Waals surface area (Å²) < 4.78 is 0. The zero-order valence-electron chi connectivity index (χ0n) is 11.5. The summed E-state index contributed by atoms with van der Waals surface area (Å²) in [7, 11) is 0. The summed E-state index contributed by atoms with van der Waals surface area (Å²) in [5.74, 6) is 0.210. The Morgan fingerprint density at radius 3 is 2.75 bits per heavy atom. The Bertz CT molecular complexity index is 588. The Morgan fingerprint density at radius 1 is 1.25 bits per heavy atom. The first-order valence-electron chi connectivity index (χ1n) is 6.98. The Labute approximate surface area is 122 Å². The number of thiophene rings is 1. The van der Waals surface area contributed by atoms with E-state index in [1.54, 1.807) is 12.1 Å². The lowest BCUT2D eigenvalue weighted by Gasteiger charge is -2.27. The number of nitrogens with one attached hydrogen (secondary N) is 1. The van der Waals surface area contributed by atoms with E-state index in [1.165, 1.54) is 29.3 Å². The third-order valence-corrected chi connectivity index (χ3v) is 4.92. The van der Waals surface area contributed by atoms with Gasteiger partial charge in [-0.25, -0.2) is 0 Å². The summed E-state index contributed by atoms with van der Waals surface area (Å²) in [5, 5.41) is 25.0. The molecule has 4 heteroatoms. The van der Waals surface area contributed by atoms with Crippen LogP contribution in [0.1, 0.15) is 47.9 Å². The Kier molecular flexibility index (Phi) is 3.68. The first kappa shape index (κ1) is 13.5. The molecule has 0 bridgehead atoms. The average Bonchev–Trinajstić information content (AvgIpc) is 2.87. The minimum atomic E-state index is 0.0869. The molecule has 106 valence electrons. The third kappa shape index (κ3) is 2.67. The van der Waals surface area contributed by atoms with E-state index in [4.69, 9.17) is 0 Å². The van der Waals surface area contributed by atoms with Crippen molar-refractivity contribution < 1.29 is 10.2 Å². The van der Waals surface area contributed by atoms with E-state index < -0.39 is 0 Å². The molecule has 0 saturated heterocycles. The summed E-state index contributed by atoms with van der Waals surface area (Å²) >= 11 is 1.84. The van der Waals surface area contributed by atoms with Gasteiger partial charge in [-0.2, -0.15) is 0 Å². The molecule has 0 amide bonds. The molecule has 0 radical (unpaired) electrons. The standard InChI is InChI=1S/C16H19NO2S/c1-10(11-7-12(18)9-13(19)8-11)17-15-3-2-4-16-14(15)5-6-20-16/h5-10,15,17-19H,2-4H2,1H3. The minimum absolute atomic E-state index is 0.0869. The van der Waals surface area contributed by atoms with Gasteiger partial charge >= 0.3 is 0 Å². The number of hydrogen-bond donors (Lipinski definition) is 3. The van der Waals surface area contributed by atoms with Crippen LogP contribution in [0.2, 0.25) is 0 Å². The molecule has 2 unspecified atom stereocenters. The molecule has 2 aromatic rings. The number of phenolic OH excluding ortho intramolecular Hbond substituents is 2. The highest BCUT2D eigenvalue weighted by atomic mass is 32.1. The Hall–Kier alpha value is -1.52. The highest BCUT2D eigenvalue weighted by Gasteiger charge is 2.23. The van der Waals surface area contributed by atoms with E-state index in [2.05, 4.69) is 23.7 Å². The summed E-state index contributed by atoms with van der Waals surface area (Å²) in [4.78, 5) is 1.49. The molecule has 3 N–H and O–H groups in total. The molecule has 0 spiro atoms. The van der Waals surface area contributed by atoms with Crippen LogP contribution in [0, 0.1) is 0 Å². The normalized spacial score (nSPS) is 19.6. The third-order valence-electron chi connectivity index (χ3n) is 3.93. The van der Waals surface area contributed by atoms with Crippen molar-refractivity contribution in [2.75, 3.05) is 0 Å². The van der Waals surface area contributed by atoms with E-state index in [9.17, 15) is 10.2 Å². The summed E-state index contributed by atoms with van der Waals surface area (Å²) in [6.07, 6.45) is 3.54. The molecule has 1 aromatic carbocycles. The monoisotopic (exact) mass is 289 g/mol. The van der Waals surface area contributed by atoms with E-state index >= 15 is 0 Å². The van der Waals surface area contributed by atoms with Gasteiger partial charge in [-0.15, -0.1) is 11.3 Å². The van der Waals surface area contributed by atoms with E-state index in [0.717, 1.165) is 12.0 Å². The first-order valence-corrected chi connectivity index (χ1v) is 7.86. The number of fused-ring (bicyclic) bond motifs is 1. The second-order valence-electron chi connectivity index (χ2n) is 5.42. The molecule has 3 rings (SSSR count). The molecule has 1 heterocycles. The van der Waals surface area contributed by atoms with Crippen LogP contribution < -0.4 is 5.32 Å². The van der Waals surface area contributed by atoms with Crippen molar-refractivity contribution in [3.05, 3.63) is 45.6 Å². The fourth-order valence-electron chi connectivity index (χ4n) is 2.93. The summed E-state index contributed by atoms with van der Waals surface area (Å²) in [6, 6.07) is 7.43. The lowest BCUT2D eigenvalue weighted by molar-refractivity contribution is 0.412.